The molecule has 2 rings (SSSR count). The Morgan fingerprint density at radius 1 is 1.05 bits per heavy atom. The number of anilines is 1. The molecule has 0 unspecified atom stereocenters. The van der Waals surface area contributed by atoms with Crippen LogP contribution in [0.1, 0.15) is 18.1 Å². The van der Waals surface area contributed by atoms with Gasteiger partial charge in [0.25, 0.3) is 10.0 Å². The van der Waals surface area contributed by atoms with Gasteiger partial charge in [-0.25, -0.2) is 8.42 Å². The van der Waals surface area contributed by atoms with Crippen LogP contribution in [0.3, 0.4) is 0 Å². The largest absolute Gasteiger partial charge is 0.497 e. The summed E-state index contributed by atoms with van der Waals surface area (Å²) in [5, 5.41) is 0. The zero-order valence-electron chi connectivity index (χ0n) is 13.3. The van der Waals surface area contributed by atoms with Crippen LogP contribution in [0.25, 0.3) is 0 Å². The zero-order valence-corrected chi connectivity index (χ0v) is 14.1. The quantitative estimate of drug-likeness (QED) is 0.847. The maximum absolute atomic E-state index is 12.9. The molecule has 2 aromatic rings. The number of methoxy groups -OCH3 is 1. The van der Waals surface area contributed by atoms with Gasteiger partial charge in [-0.3, -0.25) is 4.31 Å². The number of hydrogen-bond donors (Lipinski definition) is 0. The van der Waals surface area contributed by atoms with E-state index in [2.05, 4.69) is 0 Å². The Bertz CT molecular complexity index is 752. The molecule has 0 N–H and O–H groups in total. The molecule has 22 heavy (non-hydrogen) atoms. The van der Waals surface area contributed by atoms with Gasteiger partial charge < -0.3 is 4.74 Å². The fourth-order valence-corrected chi connectivity index (χ4v) is 3.88. The summed E-state index contributed by atoms with van der Waals surface area (Å²) >= 11 is 0. The average Bonchev–Trinajstić information content (AvgIpc) is 2.52. The van der Waals surface area contributed by atoms with E-state index in [9.17, 15) is 8.42 Å². The van der Waals surface area contributed by atoms with Crippen LogP contribution < -0.4 is 9.04 Å². The molecular formula is C17H21NO3S. The predicted molar refractivity (Wildman–Crippen MR) is 89.1 cm³/mol. The van der Waals surface area contributed by atoms with Crippen molar-refractivity contribution >= 4 is 15.7 Å². The van der Waals surface area contributed by atoms with E-state index in [4.69, 9.17) is 4.74 Å². The molecule has 0 aliphatic heterocycles. The molecule has 0 fully saturated rings. The standard InChI is InChI=1S/C17H21NO3S/c1-5-18(17-8-6-7-13(2)14(17)3)22(19,20)16-11-9-15(21-4)10-12-16/h6-12H,5H2,1-4H3. The molecule has 0 saturated carbocycles. The second-order valence-electron chi connectivity index (χ2n) is 5.06. The fraction of sp³-hybridized carbons (Fsp3) is 0.294. The van der Waals surface area contributed by atoms with Crippen LogP contribution >= 0.6 is 0 Å². The molecule has 0 saturated heterocycles. The smallest absolute Gasteiger partial charge is 0.264 e. The minimum atomic E-state index is -3.59. The van der Waals surface area contributed by atoms with E-state index in [1.54, 1.807) is 31.4 Å². The molecule has 0 heterocycles. The summed E-state index contributed by atoms with van der Waals surface area (Å²) in [6, 6.07) is 12.2. The number of benzene rings is 2. The van der Waals surface area contributed by atoms with Crippen LogP contribution in [0.2, 0.25) is 0 Å². The molecule has 0 amide bonds. The molecule has 0 atom stereocenters. The molecule has 118 valence electrons. The van der Waals surface area contributed by atoms with Gasteiger partial charge in [-0.2, -0.15) is 0 Å². The van der Waals surface area contributed by atoms with Gasteiger partial charge in [0.2, 0.25) is 0 Å². The lowest BCUT2D eigenvalue weighted by Crippen LogP contribution is -2.31. The first-order chi connectivity index (χ1) is 10.4. The first-order valence-electron chi connectivity index (χ1n) is 7.14. The highest BCUT2D eigenvalue weighted by atomic mass is 32.2. The highest BCUT2D eigenvalue weighted by Crippen LogP contribution is 2.28. The average molecular weight is 319 g/mol. The van der Waals surface area contributed by atoms with E-state index in [1.807, 2.05) is 39.0 Å². The highest BCUT2D eigenvalue weighted by Gasteiger charge is 2.25. The third-order valence-electron chi connectivity index (χ3n) is 3.78. The number of nitrogens with zero attached hydrogens (tertiary/aromatic N) is 1. The van der Waals surface area contributed by atoms with E-state index in [0.717, 1.165) is 16.8 Å². The lowest BCUT2D eigenvalue weighted by Gasteiger charge is -2.25. The van der Waals surface area contributed by atoms with E-state index in [1.165, 1.54) is 4.31 Å². The van der Waals surface area contributed by atoms with Gasteiger partial charge in [-0.15, -0.1) is 0 Å². The van der Waals surface area contributed by atoms with Crippen LogP contribution in [0.15, 0.2) is 47.4 Å². The normalized spacial score (nSPS) is 11.3. The Kier molecular flexibility index (Phi) is 4.76. The number of rotatable bonds is 5. The van der Waals surface area contributed by atoms with Gasteiger partial charge >= 0.3 is 0 Å². The summed E-state index contributed by atoms with van der Waals surface area (Å²) in [6.07, 6.45) is 0. The molecule has 0 aromatic heterocycles. The Morgan fingerprint density at radius 3 is 2.23 bits per heavy atom. The second-order valence-corrected chi connectivity index (χ2v) is 6.93. The van der Waals surface area contributed by atoms with Gasteiger partial charge in [0.15, 0.2) is 0 Å². The molecule has 0 radical (unpaired) electrons. The molecule has 4 nitrogen and oxygen atoms in total. The number of ether oxygens (including phenoxy) is 1. The molecule has 0 aliphatic carbocycles. The van der Waals surface area contributed by atoms with Gasteiger partial charge in [0.1, 0.15) is 5.75 Å². The summed E-state index contributed by atoms with van der Waals surface area (Å²) in [5.74, 6) is 0.633. The highest BCUT2D eigenvalue weighted by molar-refractivity contribution is 7.92. The van der Waals surface area contributed by atoms with Gasteiger partial charge in [-0.1, -0.05) is 12.1 Å². The summed E-state index contributed by atoms with van der Waals surface area (Å²) in [5.41, 5.74) is 2.76. The van der Waals surface area contributed by atoms with Crippen LogP contribution in [0.5, 0.6) is 5.75 Å². The van der Waals surface area contributed by atoms with Crippen LogP contribution in [0.4, 0.5) is 5.69 Å². The Morgan fingerprint density at radius 2 is 1.68 bits per heavy atom. The lowest BCUT2D eigenvalue weighted by molar-refractivity contribution is 0.414. The van der Waals surface area contributed by atoms with Crippen molar-refractivity contribution in [1.82, 2.24) is 0 Å². The summed E-state index contributed by atoms with van der Waals surface area (Å²) < 4.78 is 32.3. The van der Waals surface area contributed by atoms with E-state index < -0.39 is 10.0 Å². The maximum atomic E-state index is 12.9. The summed E-state index contributed by atoms with van der Waals surface area (Å²) in [6.45, 7) is 6.13. The second kappa shape index (κ2) is 6.40. The van der Waals surface area contributed by atoms with Crippen molar-refractivity contribution in [3.8, 4) is 5.75 Å². The minimum Gasteiger partial charge on any atom is -0.497 e. The molecule has 0 spiro atoms. The van der Waals surface area contributed by atoms with Crippen molar-refractivity contribution in [1.29, 1.82) is 0 Å². The van der Waals surface area contributed by atoms with Crippen LogP contribution in [-0.2, 0) is 10.0 Å². The fourth-order valence-electron chi connectivity index (χ4n) is 2.35. The Hall–Kier alpha value is -2.01. The third kappa shape index (κ3) is 2.95. The van der Waals surface area contributed by atoms with Crippen molar-refractivity contribution in [3.05, 3.63) is 53.6 Å². The van der Waals surface area contributed by atoms with E-state index in [-0.39, 0.29) is 4.90 Å². The van der Waals surface area contributed by atoms with Crippen molar-refractivity contribution in [2.75, 3.05) is 18.0 Å². The van der Waals surface area contributed by atoms with E-state index in [0.29, 0.717) is 12.3 Å². The van der Waals surface area contributed by atoms with Crippen molar-refractivity contribution in [2.45, 2.75) is 25.7 Å². The maximum Gasteiger partial charge on any atom is 0.264 e. The summed E-state index contributed by atoms with van der Waals surface area (Å²) in [7, 11) is -2.04. The Balaban J connectivity index is 2.50. The van der Waals surface area contributed by atoms with Crippen molar-refractivity contribution in [3.63, 3.8) is 0 Å². The van der Waals surface area contributed by atoms with E-state index >= 15 is 0 Å². The lowest BCUT2D eigenvalue weighted by atomic mass is 10.1. The van der Waals surface area contributed by atoms with Crippen molar-refractivity contribution in [2.24, 2.45) is 0 Å². The van der Waals surface area contributed by atoms with Gasteiger partial charge in [-0.05, 0) is 62.2 Å². The summed E-state index contributed by atoms with van der Waals surface area (Å²) in [4.78, 5) is 0.260. The molecule has 5 heteroatoms. The third-order valence-corrected chi connectivity index (χ3v) is 5.68. The van der Waals surface area contributed by atoms with Crippen molar-refractivity contribution < 1.29 is 13.2 Å². The van der Waals surface area contributed by atoms with Gasteiger partial charge in [0, 0.05) is 6.54 Å². The molecular weight excluding hydrogens is 298 g/mol. The predicted octanol–water partition coefficient (Wildman–Crippen LogP) is 3.53. The first-order valence-corrected chi connectivity index (χ1v) is 8.58. The first kappa shape index (κ1) is 16.4. The Labute approximate surface area is 132 Å². The SMILES string of the molecule is CCN(c1cccc(C)c1C)S(=O)(=O)c1ccc(OC)cc1. The molecule has 0 bridgehead atoms. The van der Waals surface area contributed by atoms with Crippen LogP contribution in [0, 0.1) is 13.8 Å². The minimum absolute atomic E-state index is 0.260. The number of hydrogen-bond acceptors (Lipinski definition) is 3. The topological polar surface area (TPSA) is 46.6 Å². The van der Waals surface area contributed by atoms with Crippen LogP contribution in [-0.4, -0.2) is 22.1 Å². The molecule has 2 aromatic carbocycles. The zero-order chi connectivity index (χ0) is 16.3. The number of aryl methyl sites for hydroxylation is 1. The molecule has 0 aliphatic rings. The van der Waals surface area contributed by atoms with Gasteiger partial charge in [0.05, 0.1) is 17.7 Å². The monoisotopic (exact) mass is 319 g/mol. The number of sulfonamides is 1.